The lowest BCUT2D eigenvalue weighted by Gasteiger charge is -2.49. The molecule has 41 heavy (non-hydrogen) atoms. The van der Waals surface area contributed by atoms with Gasteiger partial charge in [0.15, 0.2) is 10.8 Å². The Kier molecular flexibility index (Phi) is 10.5. The van der Waals surface area contributed by atoms with E-state index in [9.17, 15) is 24.0 Å². The Hall–Kier alpha value is -3.53. The van der Waals surface area contributed by atoms with E-state index in [-0.39, 0.29) is 22.9 Å². The summed E-state index contributed by atoms with van der Waals surface area (Å²) < 4.78 is 13.8. The topological polar surface area (TPSA) is 175 Å². The third-order valence-electron chi connectivity index (χ3n) is 5.65. The van der Waals surface area contributed by atoms with Crippen molar-refractivity contribution in [3.63, 3.8) is 0 Å². The summed E-state index contributed by atoms with van der Waals surface area (Å²) in [5, 5.41) is 9.74. The molecule has 0 aliphatic carbocycles. The molecule has 2 N–H and O–H groups in total. The highest BCUT2D eigenvalue weighted by molar-refractivity contribution is 8.00. The average Bonchev–Trinajstić information content (AvgIpc) is 3.38. The van der Waals surface area contributed by atoms with E-state index in [1.54, 1.807) is 27.7 Å². The molecule has 4 radical (unpaired) electrons. The number of hydrogen-bond donors (Lipinski definition) is 2. The number of fused-ring (bicyclic) bond motifs is 1. The molecule has 2 aliphatic rings. The van der Waals surface area contributed by atoms with Crippen molar-refractivity contribution in [2.45, 2.75) is 70.6 Å². The number of carbonyl (C=O) groups excluding carboxylic acids is 5. The van der Waals surface area contributed by atoms with Gasteiger partial charge in [0.2, 0.25) is 6.10 Å². The van der Waals surface area contributed by atoms with Crippen LogP contribution in [0.15, 0.2) is 21.8 Å². The highest BCUT2D eigenvalue weighted by atomic mass is 32.2. The first-order valence-corrected chi connectivity index (χ1v) is 14.3. The number of thiazole rings is 1. The van der Waals surface area contributed by atoms with E-state index in [0.717, 1.165) is 11.3 Å². The minimum Gasteiger partial charge on any atom is -0.541 e. The van der Waals surface area contributed by atoms with Crippen molar-refractivity contribution < 1.29 is 42.9 Å². The van der Waals surface area contributed by atoms with Crippen LogP contribution in [0.3, 0.4) is 0 Å². The fourth-order valence-corrected chi connectivity index (χ4v) is 5.85. The number of ether oxygens (including phenoxy) is 1. The van der Waals surface area contributed by atoms with E-state index in [0.29, 0.717) is 17.7 Å². The van der Waals surface area contributed by atoms with Crippen LogP contribution in [-0.4, -0.2) is 90.4 Å². The molecule has 0 aromatic carbocycles. The molecule has 14 nitrogen and oxygen atoms in total. The first-order chi connectivity index (χ1) is 19.3. The SMILES string of the molecule is [B]OC(=O)C1=C(CC)CS[C@@H]2[C@H](NC(=O)/C(=N\O[C@@H](CC)C(=O)O[B])c3csc(NC(=O)OC(C)(C)C)n3)C(=O)N12. The summed E-state index contributed by atoms with van der Waals surface area (Å²) in [5.41, 5.74) is -0.462. The zero-order valence-electron chi connectivity index (χ0n) is 22.9. The quantitative estimate of drug-likeness (QED) is 0.171. The van der Waals surface area contributed by atoms with Gasteiger partial charge < -0.3 is 24.2 Å². The number of nitrogens with zero attached hydrogens (tertiary/aromatic N) is 3. The van der Waals surface area contributed by atoms with Gasteiger partial charge in [-0.25, -0.2) is 19.4 Å². The van der Waals surface area contributed by atoms with E-state index in [4.69, 9.17) is 25.7 Å². The highest BCUT2D eigenvalue weighted by Crippen LogP contribution is 2.41. The summed E-state index contributed by atoms with van der Waals surface area (Å²) in [6.45, 7) is 8.51. The molecule has 0 spiro atoms. The maximum Gasteiger partial charge on any atom is 0.413 e. The predicted molar refractivity (Wildman–Crippen MR) is 150 cm³/mol. The molecule has 18 heteroatoms. The van der Waals surface area contributed by atoms with E-state index < -0.39 is 58.7 Å². The van der Waals surface area contributed by atoms with Crippen LogP contribution in [0, 0.1) is 0 Å². The lowest BCUT2D eigenvalue weighted by molar-refractivity contribution is -0.149. The molecule has 0 bridgehead atoms. The fourth-order valence-electron chi connectivity index (χ4n) is 3.72. The lowest BCUT2D eigenvalue weighted by atomic mass is 10.0. The molecule has 3 heterocycles. The number of β-lactam (4-membered cyclic amide) rings is 1. The van der Waals surface area contributed by atoms with Gasteiger partial charge in [-0.1, -0.05) is 19.0 Å². The van der Waals surface area contributed by atoms with Gasteiger partial charge in [-0.3, -0.25) is 19.8 Å². The first kappa shape index (κ1) is 32.0. The van der Waals surface area contributed by atoms with E-state index >= 15 is 0 Å². The monoisotopic (exact) mass is 603 g/mol. The molecule has 1 fully saturated rings. The summed E-state index contributed by atoms with van der Waals surface area (Å²) in [6.07, 6.45) is -1.40. The summed E-state index contributed by atoms with van der Waals surface area (Å²) in [5.74, 6) is -2.81. The largest absolute Gasteiger partial charge is 0.541 e. The fraction of sp³-hybridized carbons (Fsp3) is 0.522. The molecule has 3 atom stereocenters. The van der Waals surface area contributed by atoms with Gasteiger partial charge in [0, 0.05) is 11.1 Å². The maximum absolute atomic E-state index is 13.4. The van der Waals surface area contributed by atoms with Gasteiger partial charge in [-0.2, -0.15) is 0 Å². The summed E-state index contributed by atoms with van der Waals surface area (Å²) in [7, 11) is 10.0. The number of carbonyl (C=O) groups is 5. The molecule has 3 rings (SSSR count). The molecule has 1 aromatic heterocycles. The molecule has 2 aliphatic heterocycles. The smallest absolute Gasteiger partial charge is 0.413 e. The highest BCUT2D eigenvalue weighted by Gasteiger charge is 2.54. The molecule has 0 saturated carbocycles. The number of thioether (sulfide) groups is 1. The van der Waals surface area contributed by atoms with E-state index in [2.05, 4.69) is 30.1 Å². The van der Waals surface area contributed by atoms with Gasteiger partial charge in [0.05, 0.1) is 0 Å². The number of oxime groups is 1. The Morgan fingerprint density at radius 3 is 2.51 bits per heavy atom. The molecular formula is C23H27B2N5O9S2. The van der Waals surface area contributed by atoms with Crippen molar-refractivity contribution in [1.82, 2.24) is 15.2 Å². The van der Waals surface area contributed by atoms with Crippen LogP contribution in [0.1, 0.15) is 53.2 Å². The van der Waals surface area contributed by atoms with Gasteiger partial charge in [0.1, 0.15) is 28.4 Å². The van der Waals surface area contributed by atoms with Crippen LogP contribution in [-0.2, 0) is 38.1 Å². The van der Waals surface area contributed by atoms with Gasteiger partial charge in [-0.05, 0) is 39.2 Å². The maximum atomic E-state index is 13.4. The molecule has 3 amide bonds. The summed E-state index contributed by atoms with van der Waals surface area (Å²) >= 11 is 2.31. The van der Waals surface area contributed by atoms with Crippen LogP contribution >= 0.6 is 23.1 Å². The van der Waals surface area contributed by atoms with E-state index in [1.807, 2.05) is 6.92 Å². The van der Waals surface area contributed by atoms with Crippen LogP contribution < -0.4 is 10.6 Å². The Bertz CT molecular complexity index is 1280. The van der Waals surface area contributed by atoms with Crippen molar-refractivity contribution >= 4 is 79.9 Å². The molecule has 216 valence electrons. The standard InChI is InChI=1S/C23H27B2N5O9S2/c1-6-10-8-40-18-14(17(32)30(18)15(10)20(34)38-25)27-16(31)13(29-39-12(7-2)19(33)37-24)11-9-41-21(26-11)28-22(35)36-23(3,4)5/h9,12,14,18H,6-8H2,1-5H3,(H,27,31)(H,26,28,35)/b29-13-/t12-,14+,18+/m0/s1. The lowest BCUT2D eigenvalue weighted by Crippen LogP contribution is -2.71. The van der Waals surface area contributed by atoms with Crippen LogP contribution in [0.2, 0.25) is 0 Å². The number of nitrogens with one attached hydrogen (secondary N) is 2. The molecule has 0 unspecified atom stereocenters. The zero-order valence-corrected chi connectivity index (χ0v) is 24.6. The van der Waals surface area contributed by atoms with Crippen molar-refractivity contribution in [3.8, 4) is 0 Å². The second kappa shape index (κ2) is 13.4. The van der Waals surface area contributed by atoms with Gasteiger partial charge in [-0.15, -0.1) is 23.1 Å². The van der Waals surface area contributed by atoms with Crippen molar-refractivity contribution in [3.05, 3.63) is 22.3 Å². The Balaban J connectivity index is 1.85. The van der Waals surface area contributed by atoms with Crippen LogP contribution in [0.4, 0.5) is 9.93 Å². The van der Waals surface area contributed by atoms with Crippen LogP contribution in [0.25, 0.3) is 0 Å². The molecule has 1 aromatic rings. The Labute approximate surface area is 246 Å². The molecular weight excluding hydrogens is 576 g/mol. The number of amides is 3. The number of hydrogen-bond acceptors (Lipinski definition) is 13. The summed E-state index contributed by atoms with van der Waals surface area (Å²) in [4.78, 5) is 73.4. The van der Waals surface area contributed by atoms with Crippen molar-refractivity contribution in [2.24, 2.45) is 5.16 Å². The van der Waals surface area contributed by atoms with Crippen molar-refractivity contribution in [2.75, 3.05) is 11.1 Å². The van der Waals surface area contributed by atoms with Crippen molar-refractivity contribution in [1.29, 1.82) is 0 Å². The Morgan fingerprint density at radius 1 is 1.22 bits per heavy atom. The first-order valence-electron chi connectivity index (χ1n) is 12.3. The summed E-state index contributed by atoms with van der Waals surface area (Å²) in [6, 6.07) is -1.04. The zero-order chi connectivity index (χ0) is 30.5. The number of anilines is 1. The second-order valence-electron chi connectivity index (χ2n) is 9.62. The third kappa shape index (κ3) is 7.41. The average molecular weight is 603 g/mol. The second-order valence-corrected chi connectivity index (χ2v) is 11.6. The molecule has 1 saturated heterocycles. The minimum atomic E-state index is -1.24. The van der Waals surface area contributed by atoms with Gasteiger partial charge >= 0.3 is 34.1 Å². The van der Waals surface area contributed by atoms with E-state index in [1.165, 1.54) is 22.0 Å². The normalized spacial score (nSPS) is 19.4. The number of rotatable bonds is 10. The predicted octanol–water partition coefficient (Wildman–Crippen LogP) is 1.31. The Morgan fingerprint density at radius 2 is 1.93 bits per heavy atom. The minimum absolute atomic E-state index is 0.0324. The number of aromatic nitrogens is 1. The van der Waals surface area contributed by atoms with Crippen LogP contribution in [0.5, 0.6) is 0 Å². The van der Waals surface area contributed by atoms with Gasteiger partial charge in [0.25, 0.3) is 11.8 Å². The third-order valence-corrected chi connectivity index (χ3v) is 7.75.